The van der Waals surface area contributed by atoms with Crippen molar-refractivity contribution < 1.29 is 33.3 Å². The van der Waals surface area contributed by atoms with Crippen LogP contribution in [-0.4, -0.2) is 29.2 Å². The molecule has 0 radical (unpaired) electrons. The Kier molecular flexibility index (Phi) is 8.71. The summed E-state index contributed by atoms with van der Waals surface area (Å²) in [6.45, 7) is 1.41. The molecule has 0 bridgehead atoms. The van der Waals surface area contributed by atoms with Crippen LogP contribution in [0.3, 0.4) is 0 Å². The van der Waals surface area contributed by atoms with Crippen molar-refractivity contribution in [1.82, 2.24) is 4.98 Å². The minimum atomic E-state index is -2.83. The van der Waals surface area contributed by atoms with E-state index in [1.165, 1.54) is 6.20 Å². The number of ether oxygens (including phenoxy) is 3. The van der Waals surface area contributed by atoms with Crippen LogP contribution in [0.5, 0.6) is 17.2 Å². The quantitative estimate of drug-likeness (QED) is 0.184. The van der Waals surface area contributed by atoms with Gasteiger partial charge in [-0.1, -0.05) is 54.6 Å². The summed E-state index contributed by atoms with van der Waals surface area (Å²) in [5, 5.41) is 10.9. The molecular formula is C29H29NO7P+. The number of hydrogen-bond donors (Lipinski definition) is 2. The Morgan fingerprint density at radius 1 is 0.816 bits per heavy atom. The van der Waals surface area contributed by atoms with Gasteiger partial charge in [0.1, 0.15) is 29.5 Å². The Hall–Kier alpha value is -3.81. The SMILES string of the molecule is COc1ccc(C(OCc2c(CO[P+](=O)O)cnc(C)c2O)(c2ccccc2)c2ccc(OC)cc2)cc1. The maximum Gasteiger partial charge on any atom is 0.695 e. The van der Waals surface area contributed by atoms with Crippen molar-refractivity contribution in [3.05, 3.63) is 119 Å². The average molecular weight is 535 g/mol. The lowest BCUT2D eigenvalue weighted by Crippen LogP contribution is -2.33. The van der Waals surface area contributed by atoms with E-state index in [0.29, 0.717) is 28.3 Å². The fourth-order valence-electron chi connectivity index (χ4n) is 4.35. The lowest BCUT2D eigenvalue weighted by Gasteiger charge is -2.36. The Balaban J connectivity index is 1.89. The first-order valence-electron chi connectivity index (χ1n) is 11.8. The molecule has 0 aliphatic heterocycles. The Bertz CT molecular complexity index is 1330. The zero-order chi connectivity index (χ0) is 27.1. The van der Waals surface area contributed by atoms with Crippen LogP contribution in [0.1, 0.15) is 33.5 Å². The summed E-state index contributed by atoms with van der Waals surface area (Å²) in [6, 6.07) is 25.0. The first-order valence-corrected chi connectivity index (χ1v) is 13.0. The second kappa shape index (κ2) is 12.2. The van der Waals surface area contributed by atoms with Crippen molar-refractivity contribution in [2.24, 2.45) is 0 Å². The molecule has 1 unspecified atom stereocenters. The molecule has 0 saturated carbocycles. The third-order valence-electron chi connectivity index (χ3n) is 6.37. The molecule has 196 valence electrons. The van der Waals surface area contributed by atoms with E-state index in [4.69, 9.17) is 18.7 Å². The summed E-state index contributed by atoms with van der Waals surface area (Å²) in [4.78, 5) is 13.4. The van der Waals surface area contributed by atoms with Gasteiger partial charge in [-0.15, -0.1) is 9.42 Å². The monoisotopic (exact) mass is 534 g/mol. The van der Waals surface area contributed by atoms with E-state index in [0.717, 1.165) is 16.7 Å². The number of benzene rings is 3. The van der Waals surface area contributed by atoms with Gasteiger partial charge in [0.2, 0.25) is 0 Å². The van der Waals surface area contributed by atoms with E-state index in [1.807, 2.05) is 78.9 Å². The van der Waals surface area contributed by atoms with Crippen LogP contribution in [0.15, 0.2) is 85.1 Å². The third kappa shape index (κ3) is 5.69. The highest BCUT2D eigenvalue weighted by Crippen LogP contribution is 2.43. The zero-order valence-corrected chi connectivity index (χ0v) is 22.2. The summed E-state index contributed by atoms with van der Waals surface area (Å²) < 4.78 is 33.8. The van der Waals surface area contributed by atoms with Gasteiger partial charge in [0.25, 0.3) is 0 Å². The van der Waals surface area contributed by atoms with Crippen molar-refractivity contribution in [1.29, 1.82) is 0 Å². The highest BCUT2D eigenvalue weighted by Gasteiger charge is 2.38. The van der Waals surface area contributed by atoms with Gasteiger partial charge in [-0.05, 0) is 47.9 Å². The summed E-state index contributed by atoms with van der Waals surface area (Å²) >= 11 is 0. The molecule has 0 spiro atoms. The van der Waals surface area contributed by atoms with Crippen LogP contribution in [-0.2, 0) is 32.6 Å². The van der Waals surface area contributed by atoms with Crippen molar-refractivity contribution in [2.45, 2.75) is 25.7 Å². The molecule has 1 atom stereocenters. The van der Waals surface area contributed by atoms with Crippen LogP contribution in [0.25, 0.3) is 0 Å². The molecule has 0 aliphatic rings. The predicted molar refractivity (Wildman–Crippen MR) is 142 cm³/mol. The number of aromatic hydroxyl groups is 1. The molecule has 1 aromatic heterocycles. The van der Waals surface area contributed by atoms with Crippen LogP contribution in [0, 0.1) is 6.92 Å². The smallest absolute Gasteiger partial charge is 0.506 e. The van der Waals surface area contributed by atoms with E-state index in [1.54, 1.807) is 21.1 Å². The normalized spacial score (nSPS) is 11.7. The van der Waals surface area contributed by atoms with Gasteiger partial charge in [0.05, 0.1) is 26.5 Å². The number of aromatic nitrogens is 1. The van der Waals surface area contributed by atoms with Crippen molar-refractivity contribution in [2.75, 3.05) is 14.2 Å². The molecule has 4 aromatic rings. The minimum Gasteiger partial charge on any atom is -0.506 e. The molecule has 2 N–H and O–H groups in total. The lowest BCUT2D eigenvalue weighted by molar-refractivity contribution is -0.00134. The Labute approximate surface area is 222 Å². The van der Waals surface area contributed by atoms with E-state index in [9.17, 15) is 14.6 Å². The topological polar surface area (TPSA) is 107 Å². The highest BCUT2D eigenvalue weighted by atomic mass is 31.1. The van der Waals surface area contributed by atoms with Crippen molar-refractivity contribution in [3.8, 4) is 17.2 Å². The fraction of sp³-hybridized carbons (Fsp3) is 0.207. The maximum atomic E-state index is 11.2. The molecule has 8 nitrogen and oxygen atoms in total. The third-order valence-corrected chi connectivity index (χ3v) is 6.72. The largest absolute Gasteiger partial charge is 0.695 e. The first-order chi connectivity index (χ1) is 18.4. The Morgan fingerprint density at radius 2 is 1.34 bits per heavy atom. The van der Waals surface area contributed by atoms with E-state index in [-0.39, 0.29) is 19.0 Å². The van der Waals surface area contributed by atoms with Crippen LogP contribution >= 0.6 is 8.25 Å². The van der Waals surface area contributed by atoms with Crippen molar-refractivity contribution in [3.63, 3.8) is 0 Å². The van der Waals surface area contributed by atoms with Gasteiger partial charge in [-0.2, -0.15) is 0 Å². The number of nitrogens with zero attached hydrogens (tertiary/aromatic N) is 1. The summed E-state index contributed by atoms with van der Waals surface area (Å²) in [7, 11) is 0.390. The van der Waals surface area contributed by atoms with Gasteiger partial charge in [0, 0.05) is 21.9 Å². The lowest BCUT2D eigenvalue weighted by atomic mass is 9.80. The average Bonchev–Trinajstić information content (AvgIpc) is 2.96. The highest BCUT2D eigenvalue weighted by molar-refractivity contribution is 7.32. The van der Waals surface area contributed by atoms with Gasteiger partial charge < -0.3 is 19.3 Å². The summed E-state index contributed by atoms with van der Waals surface area (Å²) in [5.74, 6) is 1.33. The molecule has 0 amide bonds. The molecule has 0 aliphatic carbocycles. The van der Waals surface area contributed by atoms with Crippen LogP contribution < -0.4 is 9.47 Å². The van der Waals surface area contributed by atoms with Crippen molar-refractivity contribution >= 4 is 8.25 Å². The molecule has 4 rings (SSSR count). The summed E-state index contributed by atoms with van der Waals surface area (Å²) in [5.41, 5.74) is 2.67. The number of pyridine rings is 1. The molecule has 3 aromatic carbocycles. The van der Waals surface area contributed by atoms with Crippen LogP contribution in [0.4, 0.5) is 0 Å². The van der Waals surface area contributed by atoms with Gasteiger partial charge in [-0.3, -0.25) is 4.98 Å². The van der Waals surface area contributed by atoms with E-state index >= 15 is 0 Å². The second-order valence-corrected chi connectivity index (χ2v) is 9.23. The Morgan fingerprint density at radius 3 is 1.84 bits per heavy atom. The standard InChI is InChI=1S/C29H28NO7P/c1-20-28(31)27(21(17-30-20)18-37-38(32)33)19-36-29(22-7-5-4-6-8-22,23-9-13-25(34-2)14-10-23)24-11-15-26(35-3)16-12-24/h4-17H,18-19H2,1-3H3,(H-,31,32,33)/p+1. The van der Waals surface area contributed by atoms with Crippen LogP contribution in [0.2, 0.25) is 0 Å². The number of rotatable bonds is 11. The number of hydrogen-bond acceptors (Lipinski definition) is 7. The van der Waals surface area contributed by atoms with Gasteiger partial charge >= 0.3 is 8.25 Å². The molecule has 9 heteroatoms. The number of aryl methyl sites for hydroxylation is 1. The molecular weight excluding hydrogens is 505 g/mol. The van der Waals surface area contributed by atoms with E-state index < -0.39 is 13.9 Å². The maximum absolute atomic E-state index is 11.2. The number of methoxy groups -OCH3 is 2. The summed E-state index contributed by atoms with van der Waals surface area (Å²) in [6.07, 6.45) is 1.51. The molecule has 1 heterocycles. The second-order valence-electron chi connectivity index (χ2n) is 8.50. The predicted octanol–water partition coefficient (Wildman–Crippen LogP) is 5.79. The van der Waals surface area contributed by atoms with Gasteiger partial charge in [0.15, 0.2) is 0 Å². The zero-order valence-electron chi connectivity index (χ0n) is 21.3. The van der Waals surface area contributed by atoms with Gasteiger partial charge in [-0.25, -0.2) is 0 Å². The molecule has 0 saturated heterocycles. The molecule has 0 fully saturated rings. The first kappa shape index (κ1) is 27.2. The minimum absolute atomic E-state index is 0.0525. The van der Waals surface area contributed by atoms with E-state index in [2.05, 4.69) is 4.98 Å². The fourth-order valence-corrected chi connectivity index (χ4v) is 4.60. The molecule has 38 heavy (non-hydrogen) atoms.